The van der Waals surface area contributed by atoms with Gasteiger partial charge in [0.1, 0.15) is 18.4 Å². The number of rotatable bonds is 4. The Morgan fingerprint density at radius 3 is 2.40 bits per heavy atom. The lowest BCUT2D eigenvalue weighted by Gasteiger charge is -2.45. The number of benzene rings is 2. The topological polar surface area (TPSA) is 136 Å². The average molecular weight is 466 g/mol. The van der Waals surface area contributed by atoms with E-state index < -0.39 is 23.3 Å². The molecule has 2 aromatic carbocycles. The summed E-state index contributed by atoms with van der Waals surface area (Å²) >= 11 is 0. The lowest BCUT2D eigenvalue weighted by Crippen LogP contribution is -2.49. The molecule has 2 atom stereocenters. The molecule has 1 amide bonds. The van der Waals surface area contributed by atoms with Crippen molar-refractivity contribution in [3.8, 4) is 24.0 Å². The molecule has 0 spiro atoms. The molecule has 0 bridgehead atoms. The van der Waals surface area contributed by atoms with Gasteiger partial charge in [-0.1, -0.05) is 48.5 Å². The molecular weight excluding hydrogens is 442 g/mol. The summed E-state index contributed by atoms with van der Waals surface area (Å²) in [5, 5.41) is 30.2. The van der Waals surface area contributed by atoms with Crippen LogP contribution in [0.4, 0.5) is 4.79 Å². The van der Waals surface area contributed by atoms with Crippen LogP contribution in [0.5, 0.6) is 5.75 Å². The van der Waals surface area contributed by atoms with Gasteiger partial charge in [-0.15, -0.1) is 0 Å². The minimum Gasteiger partial charge on any atom is -0.497 e. The molecule has 2 N–H and O–H groups in total. The quantitative estimate of drug-likeness (QED) is 0.726. The Balaban J connectivity index is 1.73. The standard InChI is InChI=1S/C27H23N5O3/c1-34-20-9-7-19(8-10-20)24-23-14-32(26(33)35-15-18-5-3-2-4-6-18)12-11-21(23)22(13-28)25(31)27(24,16-29)17-30/h2-11,23-24H,12,14-15,31H2,1H3/t23-,24+/m1/s1. The number of allylic oxidation sites excluding steroid dienone is 2. The van der Waals surface area contributed by atoms with Crippen LogP contribution in [0.3, 0.4) is 0 Å². The van der Waals surface area contributed by atoms with E-state index in [2.05, 4.69) is 18.2 Å². The van der Waals surface area contributed by atoms with Crippen molar-refractivity contribution in [1.82, 2.24) is 4.90 Å². The molecule has 1 aliphatic heterocycles. The number of carbonyl (C=O) groups is 1. The zero-order chi connectivity index (χ0) is 25.0. The van der Waals surface area contributed by atoms with E-state index in [4.69, 9.17) is 15.2 Å². The summed E-state index contributed by atoms with van der Waals surface area (Å²) in [6.07, 6.45) is 1.25. The first kappa shape index (κ1) is 23.4. The third kappa shape index (κ3) is 4.05. The molecule has 2 aliphatic rings. The van der Waals surface area contributed by atoms with Gasteiger partial charge in [0.2, 0.25) is 0 Å². The minimum absolute atomic E-state index is 0.0616. The maximum Gasteiger partial charge on any atom is 0.410 e. The van der Waals surface area contributed by atoms with Crippen molar-refractivity contribution >= 4 is 6.09 Å². The minimum atomic E-state index is -1.78. The average Bonchev–Trinajstić information content (AvgIpc) is 2.91. The maximum absolute atomic E-state index is 12.9. The Morgan fingerprint density at radius 1 is 1.11 bits per heavy atom. The summed E-state index contributed by atoms with van der Waals surface area (Å²) in [7, 11) is 1.55. The highest BCUT2D eigenvalue weighted by molar-refractivity contribution is 5.69. The normalized spacial score (nSPS) is 20.4. The Bertz CT molecular complexity index is 1300. The molecular formula is C27H23N5O3. The van der Waals surface area contributed by atoms with Crippen LogP contribution in [-0.2, 0) is 11.3 Å². The van der Waals surface area contributed by atoms with Crippen LogP contribution >= 0.6 is 0 Å². The molecule has 0 fully saturated rings. The molecule has 0 saturated carbocycles. The van der Waals surface area contributed by atoms with Crippen LogP contribution in [-0.4, -0.2) is 31.2 Å². The zero-order valence-electron chi connectivity index (χ0n) is 19.1. The molecule has 1 aliphatic carbocycles. The number of nitrogens with two attached hydrogens (primary N) is 1. The van der Waals surface area contributed by atoms with Gasteiger partial charge in [0.25, 0.3) is 0 Å². The Kier molecular flexibility index (Phi) is 6.44. The molecule has 1 heterocycles. The van der Waals surface area contributed by atoms with E-state index in [1.807, 2.05) is 30.3 Å². The van der Waals surface area contributed by atoms with Gasteiger partial charge in [-0.2, -0.15) is 15.8 Å². The molecule has 8 nitrogen and oxygen atoms in total. The summed E-state index contributed by atoms with van der Waals surface area (Å²) in [6.45, 7) is 0.509. The van der Waals surface area contributed by atoms with Crippen molar-refractivity contribution in [2.45, 2.75) is 12.5 Å². The summed E-state index contributed by atoms with van der Waals surface area (Å²) < 4.78 is 10.8. The van der Waals surface area contributed by atoms with Crippen LogP contribution in [0.1, 0.15) is 17.0 Å². The molecule has 174 valence electrons. The van der Waals surface area contributed by atoms with Gasteiger partial charge in [-0.3, -0.25) is 0 Å². The predicted octanol–water partition coefficient (Wildman–Crippen LogP) is 3.76. The summed E-state index contributed by atoms with van der Waals surface area (Å²) in [5.41, 5.74) is 6.79. The fourth-order valence-corrected chi connectivity index (χ4v) is 4.83. The molecule has 8 heteroatoms. The van der Waals surface area contributed by atoms with Gasteiger partial charge >= 0.3 is 6.09 Å². The van der Waals surface area contributed by atoms with Crippen molar-refractivity contribution in [3.63, 3.8) is 0 Å². The molecule has 0 aromatic heterocycles. The van der Waals surface area contributed by atoms with E-state index in [1.165, 1.54) is 4.90 Å². The Labute approximate surface area is 203 Å². The highest BCUT2D eigenvalue weighted by Crippen LogP contribution is 2.54. The molecule has 0 unspecified atom stereocenters. The number of amides is 1. The van der Waals surface area contributed by atoms with Crippen molar-refractivity contribution in [1.29, 1.82) is 15.8 Å². The maximum atomic E-state index is 12.9. The SMILES string of the molecule is COc1ccc([C@H]2[C@@H]3CN(C(=O)OCc4ccccc4)CC=C3C(C#N)=C(N)C2(C#N)C#N)cc1. The molecule has 0 radical (unpaired) electrons. The molecule has 35 heavy (non-hydrogen) atoms. The van der Waals surface area contributed by atoms with Crippen molar-refractivity contribution < 1.29 is 14.3 Å². The van der Waals surface area contributed by atoms with E-state index in [1.54, 1.807) is 37.5 Å². The van der Waals surface area contributed by atoms with E-state index in [9.17, 15) is 20.6 Å². The summed E-state index contributed by atoms with van der Waals surface area (Å²) in [5.74, 6) is -0.602. The van der Waals surface area contributed by atoms with Crippen LogP contribution in [0, 0.1) is 45.3 Å². The zero-order valence-corrected chi connectivity index (χ0v) is 19.1. The second-order valence-electron chi connectivity index (χ2n) is 8.39. The molecule has 0 saturated heterocycles. The van der Waals surface area contributed by atoms with Gasteiger partial charge in [0.15, 0.2) is 5.41 Å². The van der Waals surface area contributed by atoms with Crippen molar-refractivity contribution in [2.75, 3.05) is 20.2 Å². The second kappa shape index (κ2) is 9.63. The molecule has 2 aromatic rings. The third-order valence-corrected chi connectivity index (χ3v) is 6.60. The first-order chi connectivity index (χ1) is 17.0. The monoisotopic (exact) mass is 465 g/mol. The third-order valence-electron chi connectivity index (χ3n) is 6.60. The summed E-state index contributed by atoms with van der Waals surface area (Å²) in [4.78, 5) is 14.4. The Morgan fingerprint density at radius 2 is 1.80 bits per heavy atom. The number of fused-ring (bicyclic) bond motifs is 1. The first-order valence-corrected chi connectivity index (χ1v) is 11.0. The largest absolute Gasteiger partial charge is 0.497 e. The highest BCUT2D eigenvalue weighted by atomic mass is 16.6. The Hall–Kier alpha value is -4.74. The number of hydrogen-bond donors (Lipinski definition) is 1. The van der Waals surface area contributed by atoms with E-state index in [0.717, 1.165) is 5.56 Å². The number of carbonyl (C=O) groups excluding carboxylic acids is 1. The molecule has 4 rings (SSSR count). The van der Waals surface area contributed by atoms with Crippen LogP contribution in [0.25, 0.3) is 0 Å². The predicted molar refractivity (Wildman–Crippen MR) is 126 cm³/mol. The number of nitrogens with zero attached hydrogens (tertiary/aromatic N) is 4. The van der Waals surface area contributed by atoms with Crippen molar-refractivity contribution in [3.05, 3.63) is 88.6 Å². The number of ether oxygens (including phenoxy) is 2. The lowest BCUT2D eigenvalue weighted by atomic mass is 9.58. The van der Waals surface area contributed by atoms with E-state index >= 15 is 0 Å². The van der Waals surface area contributed by atoms with E-state index in [0.29, 0.717) is 16.9 Å². The number of methoxy groups -OCH3 is 1. The van der Waals surface area contributed by atoms with Gasteiger partial charge < -0.3 is 20.1 Å². The van der Waals surface area contributed by atoms with Crippen LogP contribution in [0.2, 0.25) is 0 Å². The number of nitriles is 3. The fourth-order valence-electron chi connectivity index (χ4n) is 4.83. The van der Waals surface area contributed by atoms with Gasteiger partial charge in [-0.05, 0) is 28.8 Å². The van der Waals surface area contributed by atoms with Gasteiger partial charge in [-0.25, -0.2) is 4.79 Å². The smallest absolute Gasteiger partial charge is 0.410 e. The van der Waals surface area contributed by atoms with E-state index in [-0.39, 0.29) is 31.0 Å². The highest BCUT2D eigenvalue weighted by Gasteiger charge is 2.54. The number of hydrogen-bond acceptors (Lipinski definition) is 7. The fraction of sp³-hybridized carbons (Fsp3) is 0.259. The van der Waals surface area contributed by atoms with Crippen LogP contribution in [0.15, 0.2) is 77.5 Å². The van der Waals surface area contributed by atoms with Gasteiger partial charge in [0.05, 0.1) is 30.5 Å². The van der Waals surface area contributed by atoms with Crippen molar-refractivity contribution in [2.24, 2.45) is 17.1 Å². The lowest BCUT2D eigenvalue weighted by molar-refractivity contribution is 0.0898. The summed E-state index contributed by atoms with van der Waals surface area (Å²) in [6, 6.07) is 22.7. The second-order valence-corrected chi connectivity index (χ2v) is 8.39. The van der Waals surface area contributed by atoms with Crippen LogP contribution < -0.4 is 10.5 Å². The first-order valence-electron chi connectivity index (χ1n) is 11.0. The van der Waals surface area contributed by atoms with Gasteiger partial charge in [0, 0.05) is 24.9 Å².